The van der Waals surface area contributed by atoms with Crippen LogP contribution in [0.25, 0.3) is 0 Å². The minimum absolute atomic E-state index is 0.572. The molecule has 0 saturated heterocycles. The topological polar surface area (TPSA) is 33.0 Å². The molecule has 0 fully saturated rings. The normalized spacial score (nSPS) is 9.38. The zero-order valence-corrected chi connectivity index (χ0v) is 8.87. The van der Waals surface area contributed by atoms with Crippen molar-refractivity contribution < 1.29 is 4.74 Å². The van der Waals surface area contributed by atoms with E-state index in [-0.39, 0.29) is 0 Å². The van der Waals surface area contributed by atoms with Crippen molar-refractivity contribution in [1.29, 1.82) is 5.26 Å². The maximum Gasteiger partial charge on any atom is 0.138 e. The molecule has 4 heteroatoms. The summed E-state index contributed by atoms with van der Waals surface area (Å²) in [6, 6.07) is 3.56. The molecule has 0 aliphatic rings. The minimum atomic E-state index is 0.572. The Hall–Kier alpha value is -0.850. The summed E-state index contributed by atoms with van der Waals surface area (Å²) in [4.78, 5) is 0.878. The Kier molecular flexibility index (Phi) is 3.47. The second-order valence-electron chi connectivity index (χ2n) is 2.45. The Bertz CT molecular complexity index is 359. The van der Waals surface area contributed by atoms with Crippen LogP contribution in [0.15, 0.2) is 17.0 Å². The van der Waals surface area contributed by atoms with Gasteiger partial charge in [0.2, 0.25) is 0 Å². The maximum atomic E-state index is 8.52. The van der Waals surface area contributed by atoms with Crippen LogP contribution < -0.4 is 4.74 Å². The van der Waals surface area contributed by atoms with Gasteiger partial charge in [0.1, 0.15) is 11.2 Å². The lowest BCUT2D eigenvalue weighted by molar-refractivity contribution is 0.414. The summed E-state index contributed by atoms with van der Waals surface area (Å²) in [6.07, 6.45) is 0. The molecule has 0 atom stereocenters. The molecule has 0 bridgehead atoms. The third-order valence-corrected chi connectivity index (χ3v) is 2.65. The van der Waals surface area contributed by atoms with E-state index in [2.05, 4.69) is 0 Å². The minimum Gasteiger partial charge on any atom is -0.495 e. The molecule has 0 aliphatic carbocycles. The fourth-order valence-electron chi connectivity index (χ4n) is 0.950. The van der Waals surface area contributed by atoms with Crippen LogP contribution in [-0.2, 0) is 0 Å². The molecule has 0 spiro atoms. The van der Waals surface area contributed by atoms with Gasteiger partial charge in [-0.15, -0.1) is 0 Å². The van der Waals surface area contributed by atoms with Gasteiger partial charge in [-0.2, -0.15) is 5.26 Å². The Morgan fingerprint density at radius 3 is 2.77 bits per heavy atom. The van der Waals surface area contributed by atoms with Crippen molar-refractivity contribution in [3.63, 3.8) is 0 Å². The average Bonchev–Trinajstić information content (AvgIpc) is 2.10. The highest BCUT2D eigenvalue weighted by atomic mass is 35.5. The largest absolute Gasteiger partial charge is 0.495 e. The summed E-state index contributed by atoms with van der Waals surface area (Å²) in [7, 11) is 1.55. The van der Waals surface area contributed by atoms with Crippen molar-refractivity contribution in [1.82, 2.24) is 0 Å². The molecule has 1 rings (SSSR count). The van der Waals surface area contributed by atoms with E-state index < -0.39 is 0 Å². The third kappa shape index (κ3) is 2.30. The number of rotatable bonds is 2. The molecular weight excluding hydrogens is 206 g/mol. The zero-order chi connectivity index (χ0) is 9.84. The first kappa shape index (κ1) is 10.2. The number of nitrogens with zero attached hydrogens (tertiary/aromatic N) is 1. The van der Waals surface area contributed by atoms with Crippen LogP contribution in [0.5, 0.6) is 5.75 Å². The molecular formula is C9H8ClNOS. The number of halogens is 1. The van der Waals surface area contributed by atoms with Crippen molar-refractivity contribution in [3.05, 3.63) is 22.7 Å². The Balaban J connectivity index is 3.16. The zero-order valence-electron chi connectivity index (χ0n) is 7.30. The Morgan fingerprint density at radius 2 is 2.23 bits per heavy atom. The Morgan fingerprint density at radius 1 is 1.54 bits per heavy atom. The van der Waals surface area contributed by atoms with Crippen molar-refractivity contribution >= 4 is 23.4 Å². The maximum absolute atomic E-state index is 8.52. The Labute approximate surface area is 86.5 Å². The lowest BCUT2D eigenvalue weighted by atomic mass is 10.2. The molecule has 0 heterocycles. The summed E-state index contributed by atoms with van der Waals surface area (Å²) < 4.78 is 5.03. The fraction of sp³-hybridized carbons (Fsp3) is 0.222. The van der Waals surface area contributed by atoms with E-state index in [1.54, 1.807) is 19.2 Å². The van der Waals surface area contributed by atoms with Crippen LogP contribution >= 0.6 is 23.4 Å². The molecule has 0 aromatic heterocycles. The highest BCUT2D eigenvalue weighted by molar-refractivity contribution is 8.03. The lowest BCUT2D eigenvalue weighted by Crippen LogP contribution is -1.86. The second kappa shape index (κ2) is 4.40. The molecule has 0 unspecified atom stereocenters. The first-order valence-corrected chi connectivity index (χ1v) is 4.78. The number of thiocyanates is 1. The predicted molar refractivity (Wildman–Crippen MR) is 54.2 cm³/mol. The van der Waals surface area contributed by atoms with Crippen molar-refractivity contribution in [2.24, 2.45) is 0 Å². The number of hydrogen-bond acceptors (Lipinski definition) is 3. The van der Waals surface area contributed by atoms with Crippen LogP contribution in [0, 0.1) is 17.6 Å². The number of aryl methyl sites for hydroxylation is 1. The molecule has 2 nitrogen and oxygen atoms in total. The number of benzene rings is 1. The van der Waals surface area contributed by atoms with Gasteiger partial charge in [-0.25, -0.2) is 0 Å². The molecule has 1 aromatic rings. The molecule has 0 aliphatic heterocycles. The molecule has 0 radical (unpaired) electrons. The first-order valence-electron chi connectivity index (χ1n) is 3.59. The van der Waals surface area contributed by atoms with E-state index in [4.69, 9.17) is 21.6 Å². The van der Waals surface area contributed by atoms with Gasteiger partial charge in [0, 0.05) is 4.90 Å². The molecule has 68 valence electrons. The number of hydrogen-bond donors (Lipinski definition) is 0. The van der Waals surface area contributed by atoms with E-state index in [1.165, 1.54) is 0 Å². The van der Waals surface area contributed by atoms with Crippen LogP contribution in [-0.4, -0.2) is 7.11 Å². The van der Waals surface area contributed by atoms with E-state index in [1.807, 2.05) is 12.3 Å². The quantitative estimate of drug-likeness (QED) is 0.559. The highest BCUT2D eigenvalue weighted by Gasteiger charge is 2.06. The summed E-state index contributed by atoms with van der Waals surface area (Å²) in [5.41, 5.74) is 0.984. The molecule has 0 amide bonds. The average molecular weight is 214 g/mol. The molecule has 1 aromatic carbocycles. The molecule has 13 heavy (non-hydrogen) atoms. The molecule has 0 saturated carbocycles. The second-order valence-corrected chi connectivity index (χ2v) is 3.68. The summed E-state index contributed by atoms with van der Waals surface area (Å²) in [6.45, 7) is 1.91. The van der Waals surface area contributed by atoms with Gasteiger partial charge in [-0.3, -0.25) is 0 Å². The first-order chi connectivity index (χ1) is 6.19. The van der Waals surface area contributed by atoms with E-state index in [0.717, 1.165) is 22.2 Å². The van der Waals surface area contributed by atoms with Crippen molar-refractivity contribution in [2.75, 3.05) is 7.11 Å². The van der Waals surface area contributed by atoms with Gasteiger partial charge in [0.25, 0.3) is 0 Å². The van der Waals surface area contributed by atoms with E-state index >= 15 is 0 Å². The SMILES string of the molecule is COc1cc(SC#N)c(C)cc1Cl. The van der Waals surface area contributed by atoms with Crippen molar-refractivity contribution in [2.45, 2.75) is 11.8 Å². The number of thioether (sulfide) groups is 1. The highest BCUT2D eigenvalue weighted by Crippen LogP contribution is 2.32. The van der Waals surface area contributed by atoms with Crippen LogP contribution in [0.3, 0.4) is 0 Å². The number of methoxy groups -OCH3 is 1. The molecule has 0 N–H and O–H groups in total. The van der Waals surface area contributed by atoms with E-state index in [9.17, 15) is 0 Å². The fourth-order valence-corrected chi connectivity index (χ4v) is 1.73. The predicted octanol–water partition coefficient (Wildman–Crippen LogP) is 3.23. The van der Waals surface area contributed by atoms with Crippen LogP contribution in [0.1, 0.15) is 5.56 Å². The summed E-state index contributed by atoms with van der Waals surface area (Å²) in [5.74, 6) is 0.602. The van der Waals surface area contributed by atoms with Gasteiger partial charge in [-0.1, -0.05) is 11.6 Å². The lowest BCUT2D eigenvalue weighted by Gasteiger charge is -2.06. The van der Waals surface area contributed by atoms with Gasteiger partial charge < -0.3 is 4.74 Å². The number of nitriles is 1. The standard InChI is InChI=1S/C9H8ClNOS/c1-6-3-7(10)8(12-2)4-9(6)13-5-11/h3-4H,1-2H3. The van der Waals surface area contributed by atoms with Crippen LogP contribution in [0.2, 0.25) is 5.02 Å². The van der Waals surface area contributed by atoms with Crippen molar-refractivity contribution in [3.8, 4) is 11.2 Å². The number of ether oxygens (including phenoxy) is 1. The summed E-state index contributed by atoms with van der Waals surface area (Å²) >= 11 is 6.99. The third-order valence-electron chi connectivity index (χ3n) is 1.60. The monoisotopic (exact) mass is 213 g/mol. The smallest absolute Gasteiger partial charge is 0.138 e. The van der Waals surface area contributed by atoms with E-state index in [0.29, 0.717) is 10.8 Å². The van der Waals surface area contributed by atoms with Gasteiger partial charge in [-0.05, 0) is 36.4 Å². The summed E-state index contributed by atoms with van der Waals surface area (Å²) in [5, 5.41) is 11.1. The van der Waals surface area contributed by atoms with Gasteiger partial charge >= 0.3 is 0 Å². The van der Waals surface area contributed by atoms with Gasteiger partial charge in [0.05, 0.1) is 12.1 Å². The van der Waals surface area contributed by atoms with Crippen LogP contribution in [0.4, 0.5) is 0 Å². The van der Waals surface area contributed by atoms with Gasteiger partial charge in [0.15, 0.2) is 0 Å².